The van der Waals surface area contributed by atoms with Gasteiger partial charge in [0.25, 0.3) is 0 Å². The van der Waals surface area contributed by atoms with Crippen LogP contribution in [0.5, 0.6) is 5.75 Å². The number of carbonyl (C=O) groups excluding carboxylic acids is 1. The number of para-hydroxylation sites is 1. The number of amides is 1. The van der Waals surface area contributed by atoms with Gasteiger partial charge in [0.2, 0.25) is 0 Å². The number of piperidine rings is 2. The van der Waals surface area contributed by atoms with Gasteiger partial charge in [-0.25, -0.2) is 4.79 Å². The van der Waals surface area contributed by atoms with Crippen LogP contribution in [0.4, 0.5) is 4.79 Å². The Hall–Kier alpha value is -2.33. The van der Waals surface area contributed by atoms with Gasteiger partial charge in [-0.05, 0) is 54.9 Å². The smallest absolute Gasteiger partial charge is 0.410 e. The molecule has 2 aromatic carbocycles. The maximum Gasteiger partial charge on any atom is 0.415 e. The molecule has 0 bridgehead atoms. The van der Waals surface area contributed by atoms with Crippen molar-refractivity contribution in [3.63, 3.8) is 0 Å². The van der Waals surface area contributed by atoms with Gasteiger partial charge in [0.1, 0.15) is 5.75 Å². The van der Waals surface area contributed by atoms with E-state index in [1.807, 2.05) is 35.2 Å². The summed E-state index contributed by atoms with van der Waals surface area (Å²) in [5, 5.41) is 0. The van der Waals surface area contributed by atoms with Crippen LogP contribution in [0.15, 0.2) is 54.6 Å². The Morgan fingerprint density at radius 2 is 1.81 bits per heavy atom. The maximum absolute atomic E-state index is 12.9. The molecule has 0 aliphatic carbocycles. The number of benzene rings is 2. The van der Waals surface area contributed by atoms with Crippen molar-refractivity contribution >= 4 is 6.09 Å². The highest BCUT2D eigenvalue weighted by molar-refractivity contribution is 5.71. The average molecular weight is 362 g/mol. The van der Waals surface area contributed by atoms with Crippen LogP contribution < -0.4 is 4.74 Å². The molecule has 5 rings (SSSR count). The molecule has 4 nitrogen and oxygen atoms in total. The summed E-state index contributed by atoms with van der Waals surface area (Å²) in [7, 11) is 0. The van der Waals surface area contributed by atoms with Gasteiger partial charge in [0.15, 0.2) is 0 Å². The molecule has 4 heteroatoms. The molecule has 140 valence electrons. The SMILES string of the molecule is O=C(Oc1ccccc1)N1CCCC2CN3CCc4ccccc4C3CC21. The molecular weight excluding hydrogens is 336 g/mol. The summed E-state index contributed by atoms with van der Waals surface area (Å²) in [5.41, 5.74) is 2.94. The van der Waals surface area contributed by atoms with Crippen LogP contribution in [0, 0.1) is 5.92 Å². The van der Waals surface area contributed by atoms with Gasteiger partial charge in [-0.1, -0.05) is 42.5 Å². The highest BCUT2D eigenvalue weighted by Gasteiger charge is 2.44. The third-order valence-electron chi connectivity index (χ3n) is 6.56. The summed E-state index contributed by atoms with van der Waals surface area (Å²) < 4.78 is 5.68. The molecule has 0 radical (unpaired) electrons. The lowest BCUT2D eigenvalue weighted by molar-refractivity contribution is -0.00283. The van der Waals surface area contributed by atoms with Crippen molar-refractivity contribution in [3.05, 3.63) is 65.7 Å². The first-order valence-corrected chi connectivity index (χ1v) is 10.1. The van der Waals surface area contributed by atoms with E-state index in [9.17, 15) is 4.79 Å². The molecule has 0 N–H and O–H groups in total. The molecule has 27 heavy (non-hydrogen) atoms. The lowest BCUT2D eigenvalue weighted by Gasteiger charge is -2.51. The van der Waals surface area contributed by atoms with Crippen LogP contribution in [0.2, 0.25) is 0 Å². The normalized spacial score (nSPS) is 27.3. The lowest BCUT2D eigenvalue weighted by Crippen LogP contribution is -2.58. The Balaban J connectivity index is 1.38. The standard InChI is InChI=1S/C23H26N2O2/c26-23(27-19-9-2-1-3-10-19)25-13-6-8-18-16-24-14-12-17-7-4-5-11-20(17)22(24)15-21(18)25/h1-5,7,9-11,18,21-22H,6,8,12-16H2. The van der Waals surface area contributed by atoms with E-state index < -0.39 is 0 Å². The van der Waals surface area contributed by atoms with Crippen molar-refractivity contribution < 1.29 is 9.53 Å². The minimum Gasteiger partial charge on any atom is -0.410 e. The zero-order valence-corrected chi connectivity index (χ0v) is 15.6. The molecule has 0 spiro atoms. The summed E-state index contributed by atoms with van der Waals surface area (Å²) in [6.07, 6.45) is 4.26. The molecular formula is C23H26N2O2. The minimum atomic E-state index is -0.187. The highest BCUT2D eigenvalue weighted by Crippen LogP contribution is 2.42. The van der Waals surface area contributed by atoms with Crippen LogP contribution in [0.25, 0.3) is 0 Å². The Morgan fingerprint density at radius 3 is 2.70 bits per heavy atom. The van der Waals surface area contributed by atoms with Crippen LogP contribution in [0.3, 0.4) is 0 Å². The van der Waals surface area contributed by atoms with Gasteiger partial charge in [-0.15, -0.1) is 0 Å². The van der Waals surface area contributed by atoms with Gasteiger partial charge in [-0.3, -0.25) is 4.90 Å². The summed E-state index contributed by atoms with van der Waals surface area (Å²) >= 11 is 0. The number of likely N-dealkylation sites (tertiary alicyclic amines) is 1. The molecule has 3 heterocycles. The first-order chi connectivity index (χ1) is 13.3. The van der Waals surface area contributed by atoms with E-state index >= 15 is 0 Å². The fourth-order valence-electron chi connectivity index (χ4n) is 5.27. The second-order valence-electron chi connectivity index (χ2n) is 8.04. The van der Waals surface area contributed by atoms with Crippen molar-refractivity contribution in [1.29, 1.82) is 0 Å². The predicted octanol–water partition coefficient (Wildman–Crippen LogP) is 4.27. The zero-order valence-electron chi connectivity index (χ0n) is 15.6. The Bertz CT molecular complexity index is 822. The van der Waals surface area contributed by atoms with E-state index in [1.54, 1.807) is 0 Å². The number of rotatable bonds is 1. The van der Waals surface area contributed by atoms with Crippen molar-refractivity contribution in [2.24, 2.45) is 5.92 Å². The largest absolute Gasteiger partial charge is 0.415 e. The van der Waals surface area contributed by atoms with Gasteiger partial charge >= 0.3 is 6.09 Å². The second kappa shape index (κ2) is 7.01. The number of carbonyl (C=O) groups is 1. The first-order valence-electron chi connectivity index (χ1n) is 10.1. The molecule has 2 fully saturated rings. The molecule has 3 atom stereocenters. The third kappa shape index (κ3) is 3.12. The molecule has 3 unspecified atom stereocenters. The van der Waals surface area contributed by atoms with Gasteiger partial charge in [-0.2, -0.15) is 0 Å². The lowest BCUT2D eigenvalue weighted by atomic mass is 9.77. The molecule has 0 aromatic heterocycles. The van der Waals surface area contributed by atoms with E-state index in [1.165, 1.54) is 17.5 Å². The Morgan fingerprint density at radius 1 is 1.00 bits per heavy atom. The molecule has 0 saturated carbocycles. The van der Waals surface area contributed by atoms with E-state index in [0.717, 1.165) is 38.9 Å². The summed E-state index contributed by atoms with van der Waals surface area (Å²) in [4.78, 5) is 17.6. The van der Waals surface area contributed by atoms with E-state index in [-0.39, 0.29) is 12.1 Å². The molecule has 1 amide bonds. The van der Waals surface area contributed by atoms with Crippen LogP contribution >= 0.6 is 0 Å². The minimum absolute atomic E-state index is 0.187. The summed E-state index contributed by atoms with van der Waals surface area (Å²) in [5.74, 6) is 1.19. The average Bonchev–Trinajstić information content (AvgIpc) is 2.72. The topological polar surface area (TPSA) is 32.8 Å². The maximum atomic E-state index is 12.9. The molecule has 3 aliphatic rings. The number of hydrogen-bond acceptors (Lipinski definition) is 3. The predicted molar refractivity (Wildman–Crippen MR) is 105 cm³/mol. The first kappa shape index (κ1) is 16.8. The van der Waals surface area contributed by atoms with Crippen LogP contribution in [-0.2, 0) is 6.42 Å². The zero-order chi connectivity index (χ0) is 18.2. The van der Waals surface area contributed by atoms with Gasteiger partial charge < -0.3 is 9.64 Å². The number of ether oxygens (including phenoxy) is 1. The number of fused-ring (bicyclic) bond motifs is 4. The van der Waals surface area contributed by atoms with E-state index in [2.05, 4.69) is 29.2 Å². The van der Waals surface area contributed by atoms with Crippen molar-refractivity contribution in [2.45, 2.75) is 37.8 Å². The van der Waals surface area contributed by atoms with E-state index in [0.29, 0.717) is 17.7 Å². The summed E-state index contributed by atoms with van der Waals surface area (Å²) in [6, 6.07) is 19.0. The molecule has 3 aliphatic heterocycles. The highest BCUT2D eigenvalue weighted by atomic mass is 16.6. The van der Waals surface area contributed by atoms with Crippen molar-refractivity contribution in [3.8, 4) is 5.75 Å². The van der Waals surface area contributed by atoms with Crippen LogP contribution in [-0.4, -0.2) is 41.6 Å². The van der Waals surface area contributed by atoms with Crippen molar-refractivity contribution in [2.75, 3.05) is 19.6 Å². The number of nitrogens with zero attached hydrogens (tertiary/aromatic N) is 2. The molecule has 2 saturated heterocycles. The fourth-order valence-corrected chi connectivity index (χ4v) is 5.27. The molecule has 2 aromatic rings. The quantitative estimate of drug-likeness (QED) is 0.759. The second-order valence-corrected chi connectivity index (χ2v) is 8.04. The van der Waals surface area contributed by atoms with Crippen molar-refractivity contribution in [1.82, 2.24) is 9.80 Å². The Kier molecular flexibility index (Phi) is 4.36. The fraction of sp³-hybridized carbons (Fsp3) is 0.435. The number of hydrogen-bond donors (Lipinski definition) is 0. The van der Waals surface area contributed by atoms with Gasteiger partial charge in [0.05, 0.1) is 0 Å². The van der Waals surface area contributed by atoms with E-state index in [4.69, 9.17) is 4.74 Å². The van der Waals surface area contributed by atoms with Gasteiger partial charge in [0, 0.05) is 31.7 Å². The summed E-state index contributed by atoms with van der Waals surface area (Å²) in [6.45, 7) is 3.04. The Labute approximate surface area is 160 Å². The third-order valence-corrected chi connectivity index (χ3v) is 6.56. The monoisotopic (exact) mass is 362 g/mol. The van der Waals surface area contributed by atoms with Crippen LogP contribution in [0.1, 0.15) is 36.4 Å².